The van der Waals surface area contributed by atoms with Gasteiger partial charge in [0.2, 0.25) is 10.0 Å². The summed E-state index contributed by atoms with van der Waals surface area (Å²) in [7, 11) is -4.17. The van der Waals surface area contributed by atoms with Gasteiger partial charge in [-0.05, 0) is 35.7 Å². The van der Waals surface area contributed by atoms with Crippen molar-refractivity contribution in [2.24, 2.45) is 5.14 Å². The van der Waals surface area contributed by atoms with E-state index in [9.17, 15) is 17.6 Å². The highest BCUT2D eigenvalue weighted by Crippen LogP contribution is 2.25. The minimum atomic E-state index is -4.17. The monoisotopic (exact) mass is 427 g/mol. The highest BCUT2D eigenvalue weighted by molar-refractivity contribution is 7.89. The SMILES string of the molecule is CCc1ccc(C2CNCCN2C(=O)c2ccc(S(N)(=O)=O)c(F)c2)cc1.Cl. The Hall–Kier alpha value is -2.00. The highest BCUT2D eigenvalue weighted by Gasteiger charge is 2.29. The molecule has 0 aromatic heterocycles. The number of piperazine rings is 1. The zero-order chi connectivity index (χ0) is 19.6. The third kappa shape index (κ3) is 4.70. The number of halogens is 2. The lowest BCUT2D eigenvalue weighted by molar-refractivity contribution is 0.0633. The first-order chi connectivity index (χ1) is 12.8. The molecule has 0 aliphatic carbocycles. The Morgan fingerprint density at radius 3 is 2.50 bits per heavy atom. The first-order valence-corrected chi connectivity index (χ1v) is 10.3. The van der Waals surface area contributed by atoms with Gasteiger partial charge in [0.05, 0.1) is 6.04 Å². The summed E-state index contributed by atoms with van der Waals surface area (Å²) < 4.78 is 36.9. The van der Waals surface area contributed by atoms with Crippen LogP contribution in [0, 0.1) is 5.82 Å². The third-order valence-corrected chi connectivity index (χ3v) is 5.71. The average Bonchev–Trinajstić information content (AvgIpc) is 2.66. The molecule has 28 heavy (non-hydrogen) atoms. The smallest absolute Gasteiger partial charge is 0.254 e. The fourth-order valence-corrected chi connectivity index (χ4v) is 3.84. The second-order valence-corrected chi connectivity index (χ2v) is 8.03. The number of hydrogen-bond donors (Lipinski definition) is 2. The second kappa shape index (κ2) is 9.00. The molecule has 1 aliphatic rings. The van der Waals surface area contributed by atoms with Crippen LogP contribution in [0.4, 0.5) is 4.39 Å². The van der Waals surface area contributed by atoms with Gasteiger partial charge in [-0.15, -0.1) is 12.4 Å². The summed E-state index contributed by atoms with van der Waals surface area (Å²) in [5, 5.41) is 8.25. The predicted octanol–water partition coefficient (Wildman–Crippen LogP) is 2.24. The Bertz CT molecular complexity index is 951. The van der Waals surface area contributed by atoms with Crippen LogP contribution in [0.25, 0.3) is 0 Å². The molecule has 3 rings (SSSR count). The van der Waals surface area contributed by atoms with E-state index in [0.717, 1.165) is 24.1 Å². The zero-order valence-electron chi connectivity index (χ0n) is 15.4. The summed E-state index contributed by atoms with van der Waals surface area (Å²) in [4.78, 5) is 14.0. The Labute approximate surface area is 170 Å². The van der Waals surface area contributed by atoms with Crippen molar-refractivity contribution in [1.29, 1.82) is 0 Å². The van der Waals surface area contributed by atoms with E-state index in [4.69, 9.17) is 5.14 Å². The molecule has 0 saturated carbocycles. The summed E-state index contributed by atoms with van der Waals surface area (Å²) in [6, 6.07) is 11.2. The second-order valence-electron chi connectivity index (χ2n) is 6.50. The normalized spacial score (nSPS) is 17.1. The quantitative estimate of drug-likeness (QED) is 0.782. The molecule has 1 aliphatic heterocycles. The van der Waals surface area contributed by atoms with Gasteiger partial charge >= 0.3 is 0 Å². The molecule has 1 atom stereocenters. The maximum Gasteiger partial charge on any atom is 0.254 e. The third-order valence-electron chi connectivity index (χ3n) is 4.76. The minimum absolute atomic E-state index is 0. The van der Waals surface area contributed by atoms with Gasteiger partial charge in [-0.25, -0.2) is 17.9 Å². The first kappa shape index (κ1) is 22.3. The molecule has 1 saturated heterocycles. The van der Waals surface area contributed by atoms with Gasteiger partial charge in [0.1, 0.15) is 10.7 Å². The number of amides is 1. The molecule has 1 unspecified atom stereocenters. The van der Waals surface area contributed by atoms with Crippen LogP contribution in [0.3, 0.4) is 0 Å². The van der Waals surface area contributed by atoms with Crippen LogP contribution >= 0.6 is 12.4 Å². The van der Waals surface area contributed by atoms with Crippen molar-refractivity contribution in [3.8, 4) is 0 Å². The van der Waals surface area contributed by atoms with Crippen LogP contribution in [0.5, 0.6) is 0 Å². The molecule has 1 amide bonds. The molecular weight excluding hydrogens is 405 g/mol. The number of nitrogens with zero attached hydrogens (tertiary/aromatic N) is 1. The van der Waals surface area contributed by atoms with Gasteiger partial charge in [-0.2, -0.15) is 0 Å². The topological polar surface area (TPSA) is 92.5 Å². The predicted molar refractivity (Wildman–Crippen MR) is 107 cm³/mol. The molecule has 9 heteroatoms. The number of aryl methyl sites for hydroxylation is 1. The number of carbonyl (C=O) groups is 1. The highest BCUT2D eigenvalue weighted by atomic mass is 35.5. The largest absolute Gasteiger partial charge is 0.329 e. The van der Waals surface area contributed by atoms with Gasteiger partial charge in [0.25, 0.3) is 5.91 Å². The van der Waals surface area contributed by atoms with Crippen LogP contribution < -0.4 is 10.5 Å². The van der Waals surface area contributed by atoms with Crippen molar-refractivity contribution in [2.75, 3.05) is 19.6 Å². The number of benzene rings is 2. The molecule has 1 heterocycles. The first-order valence-electron chi connectivity index (χ1n) is 8.74. The van der Waals surface area contributed by atoms with Crippen molar-refractivity contribution in [1.82, 2.24) is 10.2 Å². The van der Waals surface area contributed by atoms with E-state index in [2.05, 4.69) is 12.2 Å². The lowest BCUT2D eigenvalue weighted by atomic mass is 10.00. The fourth-order valence-electron chi connectivity index (χ4n) is 3.25. The van der Waals surface area contributed by atoms with Crippen molar-refractivity contribution in [3.05, 3.63) is 65.0 Å². The number of carbonyl (C=O) groups excluding carboxylic acids is 1. The van der Waals surface area contributed by atoms with E-state index < -0.39 is 20.7 Å². The van der Waals surface area contributed by atoms with Crippen LogP contribution in [0.15, 0.2) is 47.4 Å². The summed E-state index contributed by atoms with van der Waals surface area (Å²) >= 11 is 0. The molecule has 152 valence electrons. The molecule has 0 radical (unpaired) electrons. The average molecular weight is 428 g/mol. The van der Waals surface area contributed by atoms with Crippen molar-refractivity contribution < 1.29 is 17.6 Å². The van der Waals surface area contributed by atoms with Crippen molar-refractivity contribution >= 4 is 28.3 Å². The van der Waals surface area contributed by atoms with Crippen LogP contribution in [-0.2, 0) is 16.4 Å². The number of sulfonamides is 1. The van der Waals surface area contributed by atoms with E-state index in [1.54, 1.807) is 4.90 Å². The number of rotatable bonds is 4. The van der Waals surface area contributed by atoms with Gasteiger partial charge < -0.3 is 10.2 Å². The summed E-state index contributed by atoms with van der Waals surface area (Å²) in [5.74, 6) is -1.37. The van der Waals surface area contributed by atoms with Crippen molar-refractivity contribution in [2.45, 2.75) is 24.3 Å². The zero-order valence-corrected chi connectivity index (χ0v) is 17.0. The fraction of sp³-hybridized carbons (Fsp3) is 0.316. The lowest BCUT2D eigenvalue weighted by Crippen LogP contribution is -2.48. The van der Waals surface area contributed by atoms with Gasteiger partial charge in [0, 0.05) is 25.2 Å². The van der Waals surface area contributed by atoms with E-state index in [0.29, 0.717) is 19.6 Å². The number of nitrogens with one attached hydrogen (secondary N) is 1. The van der Waals surface area contributed by atoms with Crippen molar-refractivity contribution in [3.63, 3.8) is 0 Å². The van der Waals surface area contributed by atoms with Crippen LogP contribution in [0.1, 0.15) is 34.5 Å². The van der Waals surface area contributed by atoms with E-state index >= 15 is 0 Å². The Morgan fingerprint density at radius 2 is 1.93 bits per heavy atom. The molecule has 3 N–H and O–H groups in total. The van der Waals surface area contributed by atoms with Gasteiger partial charge in [-0.3, -0.25) is 4.79 Å². The van der Waals surface area contributed by atoms with E-state index in [1.807, 2.05) is 24.3 Å². The summed E-state index contributed by atoms with van der Waals surface area (Å²) in [6.07, 6.45) is 0.932. The molecule has 6 nitrogen and oxygen atoms in total. The van der Waals surface area contributed by atoms with Crippen LogP contribution in [0.2, 0.25) is 0 Å². The Morgan fingerprint density at radius 1 is 1.25 bits per heavy atom. The Kier molecular flexibility index (Phi) is 7.16. The molecular formula is C19H23ClFN3O3S. The maximum atomic E-state index is 14.1. The van der Waals surface area contributed by atoms with E-state index in [-0.39, 0.29) is 29.9 Å². The summed E-state index contributed by atoms with van der Waals surface area (Å²) in [5.41, 5.74) is 2.30. The molecule has 0 spiro atoms. The molecule has 0 bridgehead atoms. The van der Waals surface area contributed by atoms with Gasteiger partial charge in [0.15, 0.2) is 0 Å². The van der Waals surface area contributed by atoms with E-state index in [1.165, 1.54) is 11.6 Å². The summed E-state index contributed by atoms with van der Waals surface area (Å²) in [6.45, 7) is 3.77. The Balaban J connectivity index is 0.00000280. The standard InChI is InChI=1S/C19H22FN3O3S.ClH/c1-2-13-3-5-14(6-4-13)17-12-22-9-10-23(17)19(24)15-7-8-18(16(20)11-15)27(21,25)26;/h3-8,11,17,22H,2,9-10,12H2,1H3,(H2,21,25,26);1H. The number of nitrogens with two attached hydrogens (primary N) is 1. The molecule has 1 fully saturated rings. The molecule has 2 aromatic rings. The van der Waals surface area contributed by atoms with Gasteiger partial charge in [-0.1, -0.05) is 31.2 Å². The molecule has 2 aromatic carbocycles. The minimum Gasteiger partial charge on any atom is -0.329 e. The number of primary sulfonamides is 1. The maximum absolute atomic E-state index is 14.1. The number of hydrogen-bond acceptors (Lipinski definition) is 4. The lowest BCUT2D eigenvalue weighted by Gasteiger charge is -2.36. The van der Waals surface area contributed by atoms with Crippen LogP contribution in [-0.4, -0.2) is 38.9 Å².